The Kier molecular flexibility index (Phi) is 3.89. The van der Waals surface area contributed by atoms with Crippen molar-refractivity contribution in [1.29, 1.82) is 0 Å². The van der Waals surface area contributed by atoms with E-state index in [1.807, 2.05) is 6.92 Å². The van der Waals surface area contributed by atoms with Gasteiger partial charge in [-0.25, -0.2) is 8.42 Å². The summed E-state index contributed by atoms with van der Waals surface area (Å²) < 4.78 is 24.9. The number of ketones is 1. The van der Waals surface area contributed by atoms with E-state index in [0.29, 0.717) is 24.2 Å². The van der Waals surface area contributed by atoms with E-state index in [1.165, 1.54) is 10.6 Å². The number of sulfonamides is 1. The molecule has 0 aromatic carbocycles. The van der Waals surface area contributed by atoms with E-state index < -0.39 is 10.0 Å². The molecule has 6 heteroatoms. The van der Waals surface area contributed by atoms with Crippen molar-refractivity contribution in [3.63, 3.8) is 0 Å². The molecule has 0 bridgehead atoms. The second kappa shape index (κ2) is 5.28. The van der Waals surface area contributed by atoms with Crippen LogP contribution in [0.25, 0.3) is 0 Å². The van der Waals surface area contributed by atoms with Crippen LogP contribution >= 0.6 is 0 Å². The van der Waals surface area contributed by atoms with Gasteiger partial charge in [0, 0.05) is 24.7 Å². The zero-order valence-electron chi connectivity index (χ0n) is 11.2. The minimum Gasteiger partial charge on any atom is -0.294 e. The van der Waals surface area contributed by atoms with Crippen LogP contribution in [0.3, 0.4) is 0 Å². The van der Waals surface area contributed by atoms with Crippen molar-refractivity contribution in [3.05, 3.63) is 23.5 Å². The molecule has 0 aliphatic carbocycles. The first-order valence-electron chi connectivity index (χ1n) is 6.43. The van der Waals surface area contributed by atoms with Gasteiger partial charge in [-0.05, 0) is 25.3 Å². The standard InChI is InChI=1S/C13H18N2O3S/c1-3-5-13(16)10-8-12-11(14-9-10)6-4-7-15(12)19(2,17)18/h8-9H,3-7H2,1-2H3. The minimum absolute atomic E-state index is 0.0109. The minimum atomic E-state index is -3.31. The molecule has 0 saturated heterocycles. The van der Waals surface area contributed by atoms with Gasteiger partial charge in [-0.1, -0.05) is 6.92 Å². The third kappa shape index (κ3) is 2.94. The number of carbonyl (C=O) groups excluding carboxylic acids is 1. The summed E-state index contributed by atoms with van der Waals surface area (Å²) >= 11 is 0. The average molecular weight is 282 g/mol. The topological polar surface area (TPSA) is 67.3 Å². The lowest BCUT2D eigenvalue weighted by molar-refractivity contribution is 0.0981. The summed E-state index contributed by atoms with van der Waals surface area (Å²) in [6.07, 6.45) is 5.48. The highest BCUT2D eigenvalue weighted by atomic mass is 32.2. The number of aromatic nitrogens is 1. The Balaban J connectivity index is 2.44. The fraction of sp³-hybridized carbons (Fsp3) is 0.538. The van der Waals surface area contributed by atoms with E-state index in [4.69, 9.17) is 0 Å². The monoisotopic (exact) mass is 282 g/mol. The van der Waals surface area contributed by atoms with E-state index in [2.05, 4.69) is 4.98 Å². The first-order chi connectivity index (χ1) is 8.93. The number of fused-ring (bicyclic) bond motifs is 1. The molecule has 19 heavy (non-hydrogen) atoms. The summed E-state index contributed by atoms with van der Waals surface area (Å²) in [5, 5.41) is 0. The maximum Gasteiger partial charge on any atom is 0.232 e. The fourth-order valence-electron chi connectivity index (χ4n) is 2.27. The predicted octanol–water partition coefficient (Wildman–Crippen LogP) is 1.78. The molecule has 2 rings (SSSR count). The van der Waals surface area contributed by atoms with Gasteiger partial charge in [-0.2, -0.15) is 0 Å². The molecule has 0 saturated carbocycles. The normalized spacial score (nSPS) is 15.2. The molecular weight excluding hydrogens is 264 g/mol. The van der Waals surface area contributed by atoms with Crippen molar-refractivity contribution in [3.8, 4) is 0 Å². The molecule has 0 N–H and O–H groups in total. The molecule has 1 aliphatic heterocycles. The number of Topliss-reactive ketones (excluding diaryl/α,β-unsaturated/α-hetero) is 1. The Labute approximate surface area is 113 Å². The third-order valence-electron chi connectivity index (χ3n) is 3.19. The zero-order chi connectivity index (χ0) is 14.0. The van der Waals surface area contributed by atoms with Gasteiger partial charge in [-0.15, -0.1) is 0 Å². The summed E-state index contributed by atoms with van der Waals surface area (Å²) in [6, 6.07) is 1.67. The average Bonchev–Trinajstić information content (AvgIpc) is 2.36. The van der Waals surface area contributed by atoms with Gasteiger partial charge in [0.15, 0.2) is 5.78 Å². The fourth-order valence-corrected chi connectivity index (χ4v) is 3.25. The maximum absolute atomic E-state index is 11.9. The molecule has 2 heterocycles. The Morgan fingerprint density at radius 1 is 1.47 bits per heavy atom. The smallest absolute Gasteiger partial charge is 0.232 e. The lowest BCUT2D eigenvalue weighted by atomic mass is 10.0. The van der Waals surface area contributed by atoms with Crippen LogP contribution in [-0.2, 0) is 16.4 Å². The third-order valence-corrected chi connectivity index (χ3v) is 4.37. The molecule has 5 nitrogen and oxygen atoms in total. The van der Waals surface area contributed by atoms with Gasteiger partial charge in [0.1, 0.15) is 0 Å². The van der Waals surface area contributed by atoms with E-state index >= 15 is 0 Å². The number of aryl methyl sites for hydroxylation is 1. The van der Waals surface area contributed by atoms with Crippen LogP contribution in [-0.4, -0.2) is 32.0 Å². The van der Waals surface area contributed by atoms with Crippen molar-refractivity contribution in [2.45, 2.75) is 32.6 Å². The van der Waals surface area contributed by atoms with Crippen molar-refractivity contribution < 1.29 is 13.2 Å². The van der Waals surface area contributed by atoms with E-state index in [9.17, 15) is 13.2 Å². The van der Waals surface area contributed by atoms with Gasteiger partial charge >= 0.3 is 0 Å². The second-order valence-electron chi connectivity index (χ2n) is 4.80. The van der Waals surface area contributed by atoms with Crippen LogP contribution in [0, 0.1) is 0 Å². The highest BCUT2D eigenvalue weighted by molar-refractivity contribution is 7.92. The number of hydrogen-bond acceptors (Lipinski definition) is 4. The van der Waals surface area contributed by atoms with E-state index in [0.717, 1.165) is 25.0 Å². The molecular formula is C13H18N2O3S. The van der Waals surface area contributed by atoms with Crippen molar-refractivity contribution in [2.24, 2.45) is 0 Å². The van der Waals surface area contributed by atoms with Crippen LogP contribution in [0.4, 0.5) is 5.69 Å². The van der Waals surface area contributed by atoms with Crippen LogP contribution in [0.5, 0.6) is 0 Å². The summed E-state index contributed by atoms with van der Waals surface area (Å²) in [7, 11) is -3.31. The molecule has 1 aliphatic rings. The zero-order valence-corrected chi connectivity index (χ0v) is 12.0. The highest BCUT2D eigenvalue weighted by Crippen LogP contribution is 2.28. The molecule has 0 unspecified atom stereocenters. The summed E-state index contributed by atoms with van der Waals surface area (Å²) in [5.74, 6) is 0.0109. The Bertz CT molecular complexity index is 596. The van der Waals surface area contributed by atoms with Gasteiger partial charge in [0.2, 0.25) is 10.0 Å². The number of carbonyl (C=O) groups is 1. The van der Waals surface area contributed by atoms with Gasteiger partial charge in [-0.3, -0.25) is 14.1 Å². The van der Waals surface area contributed by atoms with Crippen LogP contribution in [0.2, 0.25) is 0 Å². The van der Waals surface area contributed by atoms with Crippen molar-refractivity contribution >= 4 is 21.5 Å². The first-order valence-corrected chi connectivity index (χ1v) is 8.28. The molecule has 1 aromatic heterocycles. The largest absolute Gasteiger partial charge is 0.294 e. The van der Waals surface area contributed by atoms with E-state index in [-0.39, 0.29) is 5.78 Å². The summed E-state index contributed by atoms with van der Waals surface area (Å²) in [4.78, 5) is 16.1. The maximum atomic E-state index is 11.9. The van der Waals surface area contributed by atoms with Crippen LogP contribution in [0.1, 0.15) is 42.2 Å². The van der Waals surface area contributed by atoms with Gasteiger partial charge in [0.25, 0.3) is 0 Å². The lowest BCUT2D eigenvalue weighted by Crippen LogP contribution is -2.35. The number of rotatable bonds is 4. The summed E-state index contributed by atoms with van der Waals surface area (Å²) in [6.45, 7) is 2.39. The molecule has 0 amide bonds. The van der Waals surface area contributed by atoms with Crippen LogP contribution in [0.15, 0.2) is 12.3 Å². The molecule has 0 radical (unpaired) electrons. The second-order valence-corrected chi connectivity index (χ2v) is 6.71. The number of nitrogens with zero attached hydrogens (tertiary/aromatic N) is 2. The molecule has 0 spiro atoms. The Morgan fingerprint density at radius 2 is 2.21 bits per heavy atom. The van der Waals surface area contributed by atoms with Crippen molar-refractivity contribution in [1.82, 2.24) is 4.98 Å². The Morgan fingerprint density at radius 3 is 2.84 bits per heavy atom. The quantitative estimate of drug-likeness (QED) is 0.789. The highest BCUT2D eigenvalue weighted by Gasteiger charge is 2.25. The van der Waals surface area contributed by atoms with Gasteiger partial charge < -0.3 is 0 Å². The van der Waals surface area contributed by atoms with Gasteiger partial charge in [0.05, 0.1) is 17.6 Å². The summed E-state index contributed by atoms with van der Waals surface area (Å²) in [5.41, 5.74) is 1.82. The SMILES string of the molecule is CCCC(=O)c1cnc2c(c1)N(S(C)(=O)=O)CCC2. The molecule has 104 valence electrons. The first kappa shape index (κ1) is 14.0. The number of hydrogen-bond donors (Lipinski definition) is 0. The Hall–Kier alpha value is -1.43. The molecule has 1 aromatic rings. The van der Waals surface area contributed by atoms with Crippen LogP contribution < -0.4 is 4.31 Å². The van der Waals surface area contributed by atoms with Crippen molar-refractivity contribution in [2.75, 3.05) is 17.1 Å². The lowest BCUT2D eigenvalue weighted by Gasteiger charge is -2.28. The number of anilines is 1. The predicted molar refractivity (Wildman–Crippen MR) is 74.0 cm³/mol. The molecule has 0 fully saturated rings. The van der Waals surface area contributed by atoms with E-state index in [1.54, 1.807) is 12.3 Å². The molecule has 0 atom stereocenters. The number of pyridine rings is 1.